The molecule has 2 fully saturated rings. The Morgan fingerprint density at radius 3 is 2.61 bits per heavy atom. The van der Waals surface area contributed by atoms with Crippen molar-refractivity contribution >= 4 is 0 Å². The number of piperidine rings is 1. The van der Waals surface area contributed by atoms with Crippen LogP contribution in [-0.2, 0) is 0 Å². The van der Waals surface area contributed by atoms with Crippen LogP contribution < -0.4 is 5.32 Å². The standard InChI is InChI=1S/C15H31N3/c1-4-13-11-18(14(5-2)10-16-13)15-8-7-9-17(6-3)12-15/h13-16H,4-12H2,1-3H3. The molecule has 2 aliphatic rings. The summed E-state index contributed by atoms with van der Waals surface area (Å²) in [7, 11) is 0. The molecule has 3 unspecified atom stereocenters. The van der Waals surface area contributed by atoms with Crippen molar-refractivity contribution in [3.8, 4) is 0 Å². The summed E-state index contributed by atoms with van der Waals surface area (Å²) in [5.41, 5.74) is 0. The minimum absolute atomic E-state index is 0.713. The predicted octanol–water partition coefficient (Wildman–Crippen LogP) is 1.93. The van der Waals surface area contributed by atoms with Crippen molar-refractivity contribution in [1.82, 2.24) is 15.1 Å². The van der Waals surface area contributed by atoms with Crippen molar-refractivity contribution in [2.45, 2.75) is 64.6 Å². The van der Waals surface area contributed by atoms with E-state index in [2.05, 4.69) is 35.9 Å². The molecule has 1 N–H and O–H groups in total. The fourth-order valence-electron chi connectivity index (χ4n) is 3.58. The summed E-state index contributed by atoms with van der Waals surface area (Å²) in [5.74, 6) is 0. The number of likely N-dealkylation sites (N-methyl/N-ethyl adjacent to an activating group) is 1. The molecule has 0 aliphatic carbocycles. The summed E-state index contributed by atoms with van der Waals surface area (Å²) in [6, 6.07) is 2.28. The highest BCUT2D eigenvalue weighted by Gasteiger charge is 2.33. The number of rotatable bonds is 4. The molecular weight excluding hydrogens is 222 g/mol. The molecule has 0 saturated carbocycles. The van der Waals surface area contributed by atoms with Crippen LogP contribution in [0.25, 0.3) is 0 Å². The predicted molar refractivity (Wildman–Crippen MR) is 78.0 cm³/mol. The number of nitrogens with one attached hydrogen (secondary N) is 1. The number of piperazine rings is 1. The summed E-state index contributed by atoms with van der Waals surface area (Å²) in [6.07, 6.45) is 5.34. The maximum absolute atomic E-state index is 3.71. The van der Waals surface area contributed by atoms with E-state index >= 15 is 0 Å². The number of hydrogen-bond acceptors (Lipinski definition) is 3. The largest absolute Gasteiger partial charge is 0.311 e. The third-order valence-electron chi connectivity index (χ3n) is 4.90. The highest BCUT2D eigenvalue weighted by atomic mass is 15.3. The van der Waals surface area contributed by atoms with E-state index in [4.69, 9.17) is 0 Å². The molecule has 3 heteroatoms. The smallest absolute Gasteiger partial charge is 0.0227 e. The van der Waals surface area contributed by atoms with Gasteiger partial charge in [0.05, 0.1) is 0 Å². The van der Waals surface area contributed by atoms with Crippen LogP contribution in [0, 0.1) is 0 Å². The van der Waals surface area contributed by atoms with E-state index in [0.29, 0.717) is 6.04 Å². The molecule has 106 valence electrons. The fraction of sp³-hybridized carbons (Fsp3) is 1.00. The first kappa shape index (κ1) is 14.3. The first-order valence-electron chi connectivity index (χ1n) is 7.99. The molecule has 0 aromatic carbocycles. The van der Waals surface area contributed by atoms with Gasteiger partial charge in [-0.3, -0.25) is 4.90 Å². The maximum Gasteiger partial charge on any atom is 0.0227 e. The third-order valence-corrected chi connectivity index (χ3v) is 4.90. The second kappa shape index (κ2) is 6.88. The minimum atomic E-state index is 0.713. The Morgan fingerprint density at radius 2 is 1.94 bits per heavy atom. The summed E-state index contributed by atoms with van der Waals surface area (Å²) < 4.78 is 0. The third kappa shape index (κ3) is 3.25. The summed E-state index contributed by atoms with van der Waals surface area (Å²) in [6.45, 7) is 13.2. The van der Waals surface area contributed by atoms with Gasteiger partial charge in [-0.25, -0.2) is 0 Å². The summed E-state index contributed by atoms with van der Waals surface area (Å²) in [4.78, 5) is 5.45. The van der Waals surface area contributed by atoms with E-state index in [1.54, 1.807) is 0 Å². The SMILES string of the molecule is CCC1CN(C2CCCN(CC)C2)C(CC)CN1. The quantitative estimate of drug-likeness (QED) is 0.826. The molecule has 18 heavy (non-hydrogen) atoms. The summed E-state index contributed by atoms with van der Waals surface area (Å²) >= 11 is 0. The van der Waals surface area contributed by atoms with Gasteiger partial charge in [0.1, 0.15) is 0 Å². The lowest BCUT2D eigenvalue weighted by molar-refractivity contribution is 0.0345. The number of hydrogen-bond donors (Lipinski definition) is 1. The van der Waals surface area contributed by atoms with Crippen LogP contribution in [0.3, 0.4) is 0 Å². The zero-order valence-electron chi connectivity index (χ0n) is 12.5. The molecule has 3 atom stereocenters. The number of nitrogens with zero attached hydrogens (tertiary/aromatic N) is 2. The van der Waals surface area contributed by atoms with Crippen LogP contribution in [-0.4, -0.2) is 60.6 Å². The van der Waals surface area contributed by atoms with Gasteiger partial charge >= 0.3 is 0 Å². The van der Waals surface area contributed by atoms with Gasteiger partial charge in [-0.05, 0) is 38.8 Å². The van der Waals surface area contributed by atoms with E-state index in [1.165, 1.54) is 58.4 Å². The average Bonchev–Trinajstić information content (AvgIpc) is 2.46. The van der Waals surface area contributed by atoms with Crippen molar-refractivity contribution in [2.24, 2.45) is 0 Å². The number of likely N-dealkylation sites (tertiary alicyclic amines) is 1. The lowest BCUT2D eigenvalue weighted by Crippen LogP contribution is -2.61. The zero-order chi connectivity index (χ0) is 13.0. The second-order valence-corrected chi connectivity index (χ2v) is 5.96. The van der Waals surface area contributed by atoms with E-state index in [0.717, 1.165) is 12.1 Å². The average molecular weight is 253 g/mol. The topological polar surface area (TPSA) is 18.5 Å². The Hall–Kier alpha value is -0.120. The van der Waals surface area contributed by atoms with E-state index in [9.17, 15) is 0 Å². The summed E-state index contributed by atoms with van der Waals surface area (Å²) in [5, 5.41) is 3.71. The van der Waals surface area contributed by atoms with Crippen LogP contribution in [0.2, 0.25) is 0 Å². The van der Waals surface area contributed by atoms with Crippen LogP contribution in [0.4, 0.5) is 0 Å². The van der Waals surface area contributed by atoms with Crippen molar-refractivity contribution in [2.75, 3.05) is 32.7 Å². The van der Waals surface area contributed by atoms with Crippen LogP contribution in [0.5, 0.6) is 0 Å². The van der Waals surface area contributed by atoms with E-state index in [1.807, 2.05) is 0 Å². The molecular formula is C15H31N3. The molecule has 2 aliphatic heterocycles. The monoisotopic (exact) mass is 253 g/mol. The van der Waals surface area contributed by atoms with Gasteiger partial charge in [-0.15, -0.1) is 0 Å². The Kier molecular flexibility index (Phi) is 5.46. The van der Waals surface area contributed by atoms with Crippen molar-refractivity contribution in [3.05, 3.63) is 0 Å². The lowest BCUT2D eigenvalue weighted by Gasteiger charge is -2.47. The van der Waals surface area contributed by atoms with Gasteiger partial charge in [-0.2, -0.15) is 0 Å². The molecule has 0 bridgehead atoms. The Labute approximate surface area is 113 Å². The van der Waals surface area contributed by atoms with Gasteiger partial charge in [0.25, 0.3) is 0 Å². The van der Waals surface area contributed by atoms with Crippen molar-refractivity contribution in [1.29, 1.82) is 0 Å². The molecule has 0 amide bonds. The van der Waals surface area contributed by atoms with Gasteiger partial charge in [0.2, 0.25) is 0 Å². The molecule has 2 rings (SSSR count). The highest BCUT2D eigenvalue weighted by molar-refractivity contribution is 4.91. The van der Waals surface area contributed by atoms with Crippen LogP contribution in [0.15, 0.2) is 0 Å². The molecule has 0 spiro atoms. The van der Waals surface area contributed by atoms with Crippen molar-refractivity contribution < 1.29 is 0 Å². The van der Waals surface area contributed by atoms with E-state index < -0.39 is 0 Å². The first-order valence-corrected chi connectivity index (χ1v) is 7.99. The Balaban J connectivity index is 1.98. The van der Waals surface area contributed by atoms with Crippen LogP contribution in [0.1, 0.15) is 46.5 Å². The Bertz CT molecular complexity index is 244. The second-order valence-electron chi connectivity index (χ2n) is 5.96. The van der Waals surface area contributed by atoms with Gasteiger partial charge in [0, 0.05) is 37.8 Å². The van der Waals surface area contributed by atoms with Gasteiger partial charge < -0.3 is 10.2 Å². The molecule has 2 heterocycles. The van der Waals surface area contributed by atoms with Crippen molar-refractivity contribution in [3.63, 3.8) is 0 Å². The molecule has 0 aromatic rings. The van der Waals surface area contributed by atoms with E-state index in [-0.39, 0.29) is 0 Å². The van der Waals surface area contributed by atoms with Gasteiger partial charge in [0.15, 0.2) is 0 Å². The Morgan fingerprint density at radius 1 is 1.11 bits per heavy atom. The highest BCUT2D eigenvalue weighted by Crippen LogP contribution is 2.22. The minimum Gasteiger partial charge on any atom is -0.311 e. The zero-order valence-corrected chi connectivity index (χ0v) is 12.5. The van der Waals surface area contributed by atoms with Gasteiger partial charge in [-0.1, -0.05) is 20.8 Å². The lowest BCUT2D eigenvalue weighted by atomic mass is 9.97. The molecule has 0 aromatic heterocycles. The molecule has 3 nitrogen and oxygen atoms in total. The first-order chi connectivity index (χ1) is 8.78. The maximum atomic E-state index is 3.71. The molecule has 2 saturated heterocycles. The fourth-order valence-corrected chi connectivity index (χ4v) is 3.58. The van der Waals surface area contributed by atoms with Crippen LogP contribution >= 0.6 is 0 Å². The molecule has 0 radical (unpaired) electrons. The normalized spacial score (nSPS) is 35.8.